The zero-order valence-corrected chi connectivity index (χ0v) is 30.2. The van der Waals surface area contributed by atoms with E-state index in [1.165, 1.54) is 12.8 Å². The maximum atomic E-state index is 6.80. The molecule has 0 heterocycles. The summed E-state index contributed by atoms with van der Waals surface area (Å²) in [6.07, 6.45) is 13.2. The predicted molar refractivity (Wildman–Crippen MR) is 181 cm³/mol. The van der Waals surface area contributed by atoms with Gasteiger partial charge in [0, 0.05) is 13.2 Å². The van der Waals surface area contributed by atoms with Crippen LogP contribution in [0.15, 0.2) is 60.7 Å². The van der Waals surface area contributed by atoms with Gasteiger partial charge >= 0.3 is 20.6 Å². The smallest absolute Gasteiger partial charge is 0.388 e. The number of hydrogen-bond acceptors (Lipinski definition) is 2. The lowest BCUT2D eigenvalue weighted by Gasteiger charge is -2.31. The molecule has 0 N–H and O–H groups in total. The van der Waals surface area contributed by atoms with E-state index < -0.39 is 20.6 Å². The standard InChI is InChI=1S/C28H42Cl6O2Si3/c29-37(30,31)25-17-7-3-1-5-15-23-35-39(27-19-11-9-12-20-27,28-21-13-10-14-22-28)36-24-16-6-2-4-8-18-26-38(32,33)34/h9-14,19-22H,1-8,15-18,23-26H2. The Balaban J connectivity index is 1.88. The molecule has 0 unspecified atom stereocenters. The van der Waals surface area contributed by atoms with Gasteiger partial charge in [-0.1, -0.05) is 125 Å². The van der Waals surface area contributed by atoms with Crippen LogP contribution >= 0.6 is 66.5 Å². The van der Waals surface area contributed by atoms with E-state index >= 15 is 0 Å². The third kappa shape index (κ3) is 16.3. The van der Waals surface area contributed by atoms with Crippen molar-refractivity contribution in [2.75, 3.05) is 13.2 Å². The Morgan fingerprint density at radius 2 is 0.718 bits per heavy atom. The molecule has 0 aliphatic carbocycles. The molecule has 0 saturated carbocycles. The molecule has 0 aromatic heterocycles. The minimum absolute atomic E-state index is 0.684. The zero-order chi connectivity index (χ0) is 28.5. The number of unbranched alkanes of at least 4 members (excludes halogenated alkanes) is 10. The van der Waals surface area contributed by atoms with Gasteiger partial charge in [-0.3, -0.25) is 0 Å². The van der Waals surface area contributed by atoms with Crippen molar-refractivity contribution >= 4 is 97.4 Å². The summed E-state index contributed by atoms with van der Waals surface area (Å²) in [7, 11) is -2.83. The van der Waals surface area contributed by atoms with Gasteiger partial charge in [-0.05, 0) is 35.3 Å². The molecular formula is C28H42Cl6O2Si3. The molecule has 2 aromatic carbocycles. The van der Waals surface area contributed by atoms with Crippen molar-refractivity contribution in [3.63, 3.8) is 0 Å². The molecule has 0 aliphatic heterocycles. The van der Waals surface area contributed by atoms with Crippen molar-refractivity contribution in [1.82, 2.24) is 0 Å². The molecule has 0 saturated heterocycles. The predicted octanol–water partition coefficient (Wildman–Crippen LogP) is 10.3. The molecule has 2 nitrogen and oxygen atoms in total. The molecule has 0 aliphatic rings. The highest BCUT2D eigenvalue weighted by atomic mass is 35.8. The van der Waals surface area contributed by atoms with Gasteiger partial charge in [0.15, 0.2) is 0 Å². The largest absolute Gasteiger partial charge is 0.407 e. The van der Waals surface area contributed by atoms with Crippen LogP contribution in [0.3, 0.4) is 0 Å². The maximum Gasteiger partial charge on any atom is 0.407 e. The first kappa shape index (κ1) is 35.9. The van der Waals surface area contributed by atoms with Gasteiger partial charge in [-0.2, -0.15) is 0 Å². The van der Waals surface area contributed by atoms with Crippen LogP contribution in [0.5, 0.6) is 0 Å². The molecule has 2 rings (SSSR count). The van der Waals surface area contributed by atoms with Crippen LogP contribution in [0.1, 0.15) is 77.0 Å². The summed E-state index contributed by atoms with van der Waals surface area (Å²) in [4.78, 5) is 0. The first-order valence-corrected chi connectivity index (χ1v) is 26.4. The third-order valence-corrected chi connectivity index (χ3v) is 15.3. The van der Waals surface area contributed by atoms with E-state index in [1.807, 2.05) is 12.1 Å². The molecule has 0 atom stereocenters. The Morgan fingerprint density at radius 1 is 0.410 bits per heavy atom. The van der Waals surface area contributed by atoms with Crippen LogP contribution in [0.4, 0.5) is 0 Å². The Labute approximate surface area is 267 Å². The Bertz CT molecular complexity index is 809. The first-order chi connectivity index (χ1) is 18.6. The van der Waals surface area contributed by atoms with Crippen molar-refractivity contribution in [1.29, 1.82) is 0 Å². The van der Waals surface area contributed by atoms with Crippen LogP contribution in [0, 0.1) is 0 Å². The SMILES string of the molecule is Cl[Si](Cl)(Cl)CCCCCCCCO[Si](OCCCCCCCC[Si](Cl)(Cl)Cl)(c1ccccc1)c1ccccc1. The second kappa shape index (κ2) is 19.8. The van der Waals surface area contributed by atoms with Crippen LogP contribution in [0.25, 0.3) is 0 Å². The highest BCUT2D eigenvalue weighted by Crippen LogP contribution is 2.28. The monoisotopic (exact) mass is 704 g/mol. The molecule has 39 heavy (non-hydrogen) atoms. The first-order valence-electron chi connectivity index (χ1n) is 14.1. The van der Waals surface area contributed by atoms with Gasteiger partial charge < -0.3 is 8.85 Å². The highest BCUT2D eigenvalue weighted by Gasteiger charge is 2.42. The summed E-state index contributed by atoms with van der Waals surface area (Å²) >= 11 is 35.9. The van der Waals surface area contributed by atoms with Gasteiger partial charge in [-0.25, -0.2) is 0 Å². The van der Waals surface area contributed by atoms with Gasteiger partial charge in [0.1, 0.15) is 0 Å². The zero-order valence-electron chi connectivity index (χ0n) is 22.7. The highest BCUT2D eigenvalue weighted by molar-refractivity contribution is 7.65. The summed E-state index contributed by atoms with van der Waals surface area (Å²) < 4.78 is 13.6. The average Bonchev–Trinajstić information content (AvgIpc) is 2.90. The van der Waals surface area contributed by atoms with Crippen LogP contribution in [-0.2, 0) is 8.85 Å². The summed E-state index contributed by atoms with van der Waals surface area (Å²) in [5, 5.41) is 2.31. The Hall–Kier alpha value is 0.751. The molecular weight excluding hydrogens is 665 g/mol. The summed E-state index contributed by atoms with van der Waals surface area (Å²) in [6.45, 7) is 1.37. The fourth-order valence-corrected chi connectivity index (χ4v) is 11.5. The number of benzene rings is 2. The van der Waals surface area contributed by atoms with Gasteiger partial charge in [-0.15, -0.1) is 66.5 Å². The fraction of sp³-hybridized carbons (Fsp3) is 0.571. The Morgan fingerprint density at radius 3 is 1.05 bits per heavy atom. The summed E-state index contributed by atoms with van der Waals surface area (Å²) in [6, 6.07) is 17.6. The molecule has 11 heteroatoms. The topological polar surface area (TPSA) is 18.5 Å². The van der Waals surface area contributed by atoms with E-state index in [-0.39, 0.29) is 0 Å². The van der Waals surface area contributed by atoms with Crippen molar-refractivity contribution in [3.8, 4) is 0 Å². The third-order valence-electron chi connectivity index (χ3n) is 6.63. The van der Waals surface area contributed by atoms with Crippen molar-refractivity contribution in [3.05, 3.63) is 60.7 Å². The quantitative estimate of drug-likeness (QED) is 0.0689. The van der Waals surface area contributed by atoms with Crippen LogP contribution < -0.4 is 10.4 Å². The molecule has 0 amide bonds. The van der Waals surface area contributed by atoms with Crippen molar-refractivity contribution < 1.29 is 8.85 Å². The minimum Gasteiger partial charge on any atom is -0.388 e. The van der Waals surface area contributed by atoms with Gasteiger partial charge in [0.05, 0.1) is 0 Å². The van der Waals surface area contributed by atoms with E-state index in [0.717, 1.165) is 86.7 Å². The molecule has 0 bridgehead atoms. The second-order valence-electron chi connectivity index (χ2n) is 10.0. The second-order valence-corrected chi connectivity index (χ2v) is 31.5. The summed E-state index contributed by atoms with van der Waals surface area (Å²) in [5.74, 6) is 0. The van der Waals surface area contributed by atoms with E-state index in [0.29, 0.717) is 13.2 Å². The molecule has 2 aromatic rings. The van der Waals surface area contributed by atoms with Crippen LogP contribution in [0.2, 0.25) is 12.1 Å². The Kier molecular flexibility index (Phi) is 18.3. The normalized spacial score (nSPS) is 12.7. The van der Waals surface area contributed by atoms with Crippen molar-refractivity contribution in [2.45, 2.75) is 89.1 Å². The van der Waals surface area contributed by atoms with E-state index in [9.17, 15) is 0 Å². The molecule has 220 valence electrons. The van der Waals surface area contributed by atoms with E-state index in [4.69, 9.17) is 75.3 Å². The number of hydrogen-bond donors (Lipinski definition) is 0. The number of halogens is 6. The van der Waals surface area contributed by atoms with E-state index in [1.54, 1.807) is 0 Å². The average molecular weight is 708 g/mol. The van der Waals surface area contributed by atoms with Gasteiger partial charge in [0.25, 0.3) is 0 Å². The lowest BCUT2D eigenvalue weighted by molar-refractivity contribution is 0.184. The maximum absolute atomic E-state index is 6.80. The van der Waals surface area contributed by atoms with Crippen LogP contribution in [-0.4, -0.2) is 33.8 Å². The lowest BCUT2D eigenvalue weighted by Crippen LogP contribution is -2.63. The van der Waals surface area contributed by atoms with Crippen molar-refractivity contribution in [2.24, 2.45) is 0 Å². The fourth-order valence-electron chi connectivity index (χ4n) is 4.56. The summed E-state index contributed by atoms with van der Waals surface area (Å²) in [5.41, 5.74) is 0. The number of rotatable bonds is 22. The molecule has 0 spiro atoms. The van der Waals surface area contributed by atoms with Gasteiger partial charge in [0.2, 0.25) is 0 Å². The minimum atomic E-state index is -2.83. The molecule has 0 fully saturated rings. The lowest BCUT2D eigenvalue weighted by atomic mass is 10.1. The van der Waals surface area contributed by atoms with E-state index in [2.05, 4.69) is 48.5 Å². The molecule has 0 radical (unpaired) electrons.